The van der Waals surface area contributed by atoms with Crippen LogP contribution in [0.3, 0.4) is 0 Å². The van der Waals surface area contributed by atoms with Gasteiger partial charge < -0.3 is 20.1 Å². The maximum Gasteiger partial charge on any atom is 0.416 e. The van der Waals surface area contributed by atoms with Crippen molar-refractivity contribution in [2.75, 3.05) is 11.9 Å². The molecule has 200 valence electrons. The van der Waals surface area contributed by atoms with Crippen LogP contribution in [0, 0.1) is 6.92 Å². The third-order valence-corrected chi connectivity index (χ3v) is 7.08. The van der Waals surface area contributed by atoms with E-state index in [1.54, 1.807) is 29.1 Å². The number of alkyl halides is 3. The van der Waals surface area contributed by atoms with Gasteiger partial charge in [0.05, 0.1) is 23.3 Å². The average Bonchev–Trinajstić information content (AvgIpc) is 3.53. The second-order valence-corrected chi connectivity index (χ2v) is 9.67. The smallest absolute Gasteiger partial charge is 0.352 e. The van der Waals surface area contributed by atoms with Crippen LogP contribution < -0.4 is 10.6 Å². The van der Waals surface area contributed by atoms with E-state index in [4.69, 9.17) is 12.2 Å². The summed E-state index contributed by atoms with van der Waals surface area (Å²) in [6, 6.07) is 21.1. The lowest BCUT2D eigenvalue weighted by molar-refractivity contribution is -0.137. The molecule has 1 aliphatic heterocycles. The Morgan fingerprint density at radius 2 is 1.85 bits per heavy atom. The highest BCUT2D eigenvalue weighted by Crippen LogP contribution is 2.40. The van der Waals surface area contributed by atoms with Gasteiger partial charge in [-0.15, -0.1) is 0 Å². The highest BCUT2D eigenvalue weighted by Gasteiger charge is 2.41. The number of pyridine rings is 1. The van der Waals surface area contributed by atoms with E-state index in [0.29, 0.717) is 17.3 Å². The number of nitrogens with zero attached hydrogens (tertiary/aromatic N) is 3. The Labute approximate surface area is 229 Å². The van der Waals surface area contributed by atoms with Gasteiger partial charge in [0.15, 0.2) is 5.11 Å². The zero-order chi connectivity index (χ0) is 27.6. The number of para-hydroxylation sites is 1. The summed E-state index contributed by atoms with van der Waals surface area (Å²) in [5.74, 6) is -0.166. The number of halogens is 3. The van der Waals surface area contributed by atoms with E-state index in [1.165, 1.54) is 6.07 Å². The van der Waals surface area contributed by atoms with E-state index >= 15 is 0 Å². The van der Waals surface area contributed by atoms with E-state index in [1.807, 2.05) is 60.4 Å². The normalized spacial score (nSPS) is 17.2. The summed E-state index contributed by atoms with van der Waals surface area (Å²) in [4.78, 5) is 19.3. The number of aryl methyl sites for hydroxylation is 1. The zero-order valence-electron chi connectivity index (χ0n) is 21.0. The number of anilines is 1. The quantitative estimate of drug-likeness (QED) is 0.269. The van der Waals surface area contributed by atoms with Crippen LogP contribution in [0.4, 0.5) is 18.9 Å². The molecule has 2 aromatic carbocycles. The third-order valence-electron chi connectivity index (χ3n) is 6.73. The van der Waals surface area contributed by atoms with Gasteiger partial charge >= 0.3 is 6.18 Å². The van der Waals surface area contributed by atoms with E-state index in [9.17, 15) is 18.0 Å². The highest BCUT2D eigenvalue weighted by atomic mass is 32.1. The minimum Gasteiger partial charge on any atom is -0.352 e. The van der Waals surface area contributed by atoms with E-state index in [0.717, 1.165) is 34.8 Å². The molecular weight excluding hydrogens is 523 g/mol. The molecule has 0 aliphatic carbocycles. The fourth-order valence-corrected chi connectivity index (χ4v) is 5.15. The highest BCUT2D eigenvalue weighted by molar-refractivity contribution is 7.80. The number of hydrogen-bond donors (Lipinski definition) is 2. The van der Waals surface area contributed by atoms with Crippen LogP contribution >= 0.6 is 12.2 Å². The van der Waals surface area contributed by atoms with Crippen LogP contribution in [0.2, 0.25) is 0 Å². The Hall–Kier alpha value is -4.18. The SMILES string of the molecule is Cc1ccccc1NC(=O)CCN1C(=S)N[C@@H](c2ccccn2)[C@@H]1c1cccn1-c1cccc(C(F)(F)F)c1. The van der Waals surface area contributed by atoms with E-state index < -0.39 is 17.8 Å². The van der Waals surface area contributed by atoms with Gasteiger partial charge in [-0.3, -0.25) is 9.78 Å². The molecule has 10 heteroatoms. The molecule has 3 heterocycles. The first kappa shape index (κ1) is 26.4. The van der Waals surface area contributed by atoms with Crippen molar-refractivity contribution in [3.05, 3.63) is 114 Å². The lowest BCUT2D eigenvalue weighted by Crippen LogP contribution is -2.33. The van der Waals surface area contributed by atoms with E-state index in [2.05, 4.69) is 15.6 Å². The van der Waals surface area contributed by atoms with Crippen LogP contribution in [-0.2, 0) is 11.0 Å². The van der Waals surface area contributed by atoms with Gasteiger partial charge in [-0.25, -0.2) is 0 Å². The molecule has 5 rings (SSSR count). The lowest BCUT2D eigenvalue weighted by Gasteiger charge is -2.29. The lowest BCUT2D eigenvalue weighted by atomic mass is 10.0. The first-order valence-corrected chi connectivity index (χ1v) is 12.8. The Balaban J connectivity index is 1.47. The van der Waals surface area contributed by atoms with Crippen LogP contribution in [0.25, 0.3) is 5.69 Å². The third kappa shape index (κ3) is 5.65. The number of carbonyl (C=O) groups is 1. The average molecular weight is 550 g/mol. The number of nitrogens with one attached hydrogen (secondary N) is 2. The van der Waals surface area contributed by atoms with Crippen molar-refractivity contribution < 1.29 is 18.0 Å². The monoisotopic (exact) mass is 549 g/mol. The van der Waals surface area contributed by atoms with Crippen molar-refractivity contribution in [1.29, 1.82) is 0 Å². The molecule has 2 aromatic heterocycles. The number of hydrogen-bond acceptors (Lipinski definition) is 3. The second-order valence-electron chi connectivity index (χ2n) is 9.28. The van der Waals surface area contributed by atoms with Crippen molar-refractivity contribution in [2.45, 2.75) is 31.6 Å². The largest absolute Gasteiger partial charge is 0.416 e. The molecule has 2 atom stereocenters. The molecular formula is C29H26F3N5OS. The molecule has 0 spiro atoms. The Kier molecular flexibility index (Phi) is 7.38. The van der Waals surface area contributed by atoms with E-state index in [-0.39, 0.29) is 18.4 Å². The van der Waals surface area contributed by atoms with Gasteiger partial charge in [0, 0.05) is 42.4 Å². The molecule has 39 heavy (non-hydrogen) atoms. The molecule has 1 amide bonds. The summed E-state index contributed by atoms with van der Waals surface area (Å²) < 4.78 is 42.2. The van der Waals surface area contributed by atoms with Gasteiger partial charge in [-0.2, -0.15) is 13.2 Å². The molecule has 1 aliphatic rings. The molecule has 2 N–H and O–H groups in total. The molecule has 0 bridgehead atoms. The van der Waals surface area contributed by atoms with Gasteiger partial charge in [-0.1, -0.05) is 30.3 Å². The summed E-state index contributed by atoms with van der Waals surface area (Å²) in [6.07, 6.45) is -0.898. The topological polar surface area (TPSA) is 62.2 Å². The number of benzene rings is 2. The summed E-state index contributed by atoms with van der Waals surface area (Å²) in [7, 11) is 0. The molecule has 0 unspecified atom stereocenters. The molecule has 1 saturated heterocycles. The summed E-state index contributed by atoms with van der Waals surface area (Å²) in [5.41, 5.74) is 2.79. The standard InChI is InChI=1S/C29H26F3N5OS/c1-19-8-2-3-11-22(19)34-25(38)14-17-37-27(26(35-28(37)39)23-12-4-5-15-33-23)24-13-7-16-36(24)21-10-6-9-20(18-21)29(30,31)32/h2-13,15-16,18,26-27H,14,17H2,1H3,(H,34,38)(H,35,39)/t26-,27-/m0/s1. The number of aromatic nitrogens is 2. The number of thiocarbonyl (C=S) groups is 1. The molecule has 0 radical (unpaired) electrons. The molecule has 1 fully saturated rings. The number of amides is 1. The van der Waals surface area contributed by atoms with Gasteiger partial charge in [0.2, 0.25) is 5.91 Å². The van der Waals surface area contributed by atoms with Crippen molar-refractivity contribution in [3.8, 4) is 5.69 Å². The Bertz CT molecular complexity index is 1490. The minimum absolute atomic E-state index is 0.159. The second kappa shape index (κ2) is 10.9. The maximum absolute atomic E-state index is 13.5. The molecule has 4 aromatic rings. The first-order valence-electron chi connectivity index (χ1n) is 12.4. The van der Waals surface area contributed by atoms with Crippen molar-refractivity contribution >= 4 is 28.9 Å². The van der Waals surface area contributed by atoms with Gasteiger partial charge in [-0.05, 0) is 73.2 Å². The van der Waals surface area contributed by atoms with Crippen LogP contribution in [0.1, 0.15) is 41.0 Å². The fourth-order valence-electron chi connectivity index (χ4n) is 4.82. The van der Waals surface area contributed by atoms with Crippen LogP contribution in [0.5, 0.6) is 0 Å². The Morgan fingerprint density at radius 1 is 1.05 bits per heavy atom. The predicted molar refractivity (Wildman–Crippen MR) is 147 cm³/mol. The number of carbonyl (C=O) groups excluding carboxylic acids is 1. The summed E-state index contributed by atoms with van der Waals surface area (Å²) >= 11 is 5.70. The maximum atomic E-state index is 13.5. The van der Waals surface area contributed by atoms with Crippen molar-refractivity contribution in [1.82, 2.24) is 19.8 Å². The molecule has 6 nitrogen and oxygen atoms in total. The predicted octanol–water partition coefficient (Wildman–Crippen LogP) is 6.20. The number of rotatable bonds is 7. The summed E-state index contributed by atoms with van der Waals surface area (Å²) in [5, 5.41) is 6.71. The fraction of sp³-hybridized carbons (Fsp3) is 0.207. The Morgan fingerprint density at radius 3 is 2.59 bits per heavy atom. The first-order chi connectivity index (χ1) is 18.7. The van der Waals surface area contributed by atoms with Crippen molar-refractivity contribution in [3.63, 3.8) is 0 Å². The van der Waals surface area contributed by atoms with Crippen molar-refractivity contribution in [2.24, 2.45) is 0 Å². The minimum atomic E-state index is -4.47. The van der Waals surface area contributed by atoms with Crippen LogP contribution in [0.15, 0.2) is 91.3 Å². The van der Waals surface area contributed by atoms with Gasteiger partial charge in [0.25, 0.3) is 0 Å². The molecule has 0 saturated carbocycles. The van der Waals surface area contributed by atoms with Gasteiger partial charge in [0.1, 0.15) is 0 Å². The zero-order valence-corrected chi connectivity index (χ0v) is 21.8. The summed E-state index contributed by atoms with van der Waals surface area (Å²) in [6.45, 7) is 2.22. The van der Waals surface area contributed by atoms with Crippen LogP contribution in [-0.4, -0.2) is 32.0 Å².